The van der Waals surface area contributed by atoms with Crippen molar-refractivity contribution in [2.24, 2.45) is 0 Å². The van der Waals surface area contributed by atoms with Crippen molar-refractivity contribution < 1.29 is 4.90 Å². The van der Waals surface area contributed by atoms with Gasteiger partial charge in [0.15, 0.2) is 0 Å². The summed E-state index contributed by atoms with van der Waals surface area (Å²) in [7, 11) is 4.15. The molecule has 1 aliphatic heterocycles. The van der Waals surface area contributed by atoms with Crippen LogP contribution in [0.1, 0.15) is 45.4 Å². The van der Waals surface area contributed by atoms with Crippen LogP contribution in [-0.4, -0.2) is 12.6 Å². The molecule has 2 unspecified atom stereocenters. The molecule has 2 atom stereocenters. The first-order chi connectivity index (χ1) is 5.34. The molecule has 0 bridgehead atoms. The van der Waals surface area contributed by atoms with Gasteiger partial charge in [-0.3, -0.25) is 0 Å². The summed E-state index contributed by atoms with van der Waals surface area (Å²) in [4.78, 5) is 1.53. The zero-order chi connectivity index (χ0) is 8.10. The van der Waals surface area contributed by atoms with Gasteiger partial charge in [-0.15, -0.1) is 0 Å². The minimum absolute atomic E-state index is 0.878. The van der Waals surface area contributed by atoms with Crippen LogP contribution < -0.4 is 4.90 Å². The molecule has 0 amide bonds. The number of unbranched alkanes of at least 4 members (excludes halogenated alkanes) is 1. The lowest BCUT2D eigenvalue weighted by Gasteiger charge is -2.35. The van der Waals surface area contributed by atoms with Crippen molar-refractivity contribution in [3.05, 3.63) is 7.05 Å². The number of quaternary nitrogens is 1. The summed E-state index contributed by atoms with van der Waals surface area (Å²) in [5, 5.41) is 0. The fourth-order valence-electron chi connectivity index (χ4n) is 1.95. The van der Waals surface area contributed by atoms with E-state index in [0.29, 0.717) is 0 Å². The number of likely N-dealkylation sites (tertiary alicyclic amines) is 1. The van der Waals surface area contributed by atoms with E-state index in [-0.39, 0.29) is 0 Å². The number of hydrogen-bond donors (Lipinski definition) is 1. The predicted octanol–water partition coefficient (Wildman–Crippen LogP) is 1.41. The minimum Gasteiger partial charge on any atom is -0.465 e. The van der Waals surface area contributed by atoms with Crippen molar-refractivity contribution in [2.75, 3.05) is 6.54 Å². The second-order valence-corrected chi connectivity index (χ2v) is 3.74. The standard InChI is InChI=1S/C10H21N/c1-3-4-7-10-8-5-6-9-11(10)2/h10-11H,2-9H2,1H3. The Morgan fingerprint density at radius 2 is 2.27 bits per heavy atom. The van der Waals surface area contributed by atoms with Gasteiger partial charge in [0.25, 0.3) is 0 Å². The van der Waals surface area contributed by atoms with E-state index >= 15 is 0 Å². The van der Waals surface area contributed by atoms with E-state index in [1.54, 1.807) is 0 Å². The molecule has 0 spiro atoms. The molecule has 11 heavy (non-hydrogen) atoms. The lowest BCUT2D eigenvalue weighted by molar-refractivity contribution is -0.887. The number of nitrogens with one attached hydrogen (secondary N) is 1. The van der Waals surface area contributed by atoms with Crippen LogP contribution in [-0.2, 0) is 0 Å². The topological polar surface area (TPSA) is 4.44 Å². The Morgan fingerprint density at radius 1 is 1.45 bits per heavy atom. The molecule has 1 heterocycles. The second-order valence-electron chi connectivity index (χ2n) is 3.74. The average Bonchev–Trinajstić information content (AvgIpc) is 2.03. The quantitative estimate of drug-likeness (QED) is 0.588. The maximum absolute atomic E-state index is 4.15. The summed E-state index contributed by atoms with van der Waals surface area (Å²) < 4.78 is 0. The Hall–Kier alpha value is -0.0400. The van der Waals surface area contributed by atoms with Crippen molar-refractivity contribution in [2.45, 2.75) is 51.5 Å². The first kappa shape index (κ1) is 9.05. The summed E-state index contributed by atoms with van der Waals surface area (Å²) >= 11 is 0. The molecule has 1 fully saturated rings. The highest BCUT2D eigenvalue weighted by Gasteiger charge is 2.17. The van der Waals surface area contributed by atoms with Gasteiger partial charge in [0.05, 0.1) is 12.6 Å². The molecule has 1 heteroatoms. The lowest BCUT2D eigenvalue weighted by atomic mass is 9.98. The predicted molar refractivity (Wildman–Crippen MR) is 48.4 cm³/mol. The largest absolute Gasteiger partial charge is 0.465 e. The molecule has 0 saturated carbocycles. The minimum atomic E-state index is 0.878. The maximum atomic E-state index is 4.15. The molecule has 1 rings (SSSR count). The highest BCUT2D eigenvalue weighted by atomic mass is 15.1. The van der Waals surface area contributed by atoms with E-state index in [1.165, 1.54) is 50.0 Å². The monoisotopic (exact) mass is 155 g/mol. The molecule has 1 aliphatic rings. The first-order valence-electron chi connectivity index (χ1n) is 5.02. The smallest absolute Gasteiger partial charge is 0.0635 e. The molecule has 66 valence electrons. The Morgan fingerprint density at radius 3 is 2.91 bits per heavy atom. The molecule has 0 aliphatic carbocycles. The van der Waals surface area contributed by atoms with E-state index < -0.39 is 0 Å². The van der Waals surface area contributed by atoms with Gasteiger partial charge in [0.1, 0.15) is 0 Å². The van der Waals surface area contributed by atoms with Crippen molar-refractivity contribution in [3.63, 3.8) is 0 Å². The molecule has 0 radical (unpaired) electrons. The van der Waals surface area contributed by atoms with Gasteiger partial charge in [0.2, 0.25) is 0 Å². The van der Waals surface area contributed by atoms with E-state index in [0.717, 1.165) is 6.04 Å². The van der Waals surface area contributed by atoms with Crippen molar-refractivity contribution in [3.8, 4) is 0 Å². The molecule has 1 nitrogen and oxygen atoms in total. The van der Waals surface area contributed by atoms with Gasteiger partial charge in [-0.25, -0.2) is 0 Å². The number of rotatable bonds is 3. The normalized spacial score (nSPS) is 32.2. The summed E-state index contributed by atoms with van der Waals surface area (Å²) in [5.74, 6) is 0. The number of piperidine rings is 1. The van der Waals surface area contributed by atoms with Crippen LogP contribution in [0, 0.1) is 7.05 Å². The van der Waals surface area contributed by atoms with Crippen molar-refractivity contribution in [1.82, 2.24) is 0 Å². The van der Waals surface area contributed by atoms with Crippen LogP contribution in [0.3, 0.4) is 0 Å². The van der Waals surface area contributed by atoms with E-state index in [4.69, 9.17) is 0 Å². The second kappa shape index (κ2) is 4.76. The molecule has 0 aromatic rings. The van der Waals surface area contributed by atoms with Crippen LogP contribution in [0.5, 0.6) is 0 Å². The first-order valence-corrected chi connectivity index (χ1v) is 5.02. The number of hydrogen-bond acceptors (Lipinski definition) is 0. The molecular formula is C10H21N. The van der Waals surface area contributed by atoms with Gasteiger partial charge in [-0.1, -0.05) is 13.3 Å². The lowest BCUT2D eigenvalue weighted by Crippen LogP contribution is -3.11. The Balaban J connectivity index is 2.18. The average molecular weight is 155 g/mol. The van der Waals surface area contributed by atoms with Gasteiger partial charge in [-0.2, -0.15) is 7.05 Å². The summed E-state index contributed by atoms with van der Waals surface area (Å²) in [5.41, 5.74) is 0. The van der Waals surface area contributed by atoms with Crippen LogP contribution >= 0.6 is 0 Å². The van der Waals surface area contributed by atoms with Crippen LogP contribution in [0.15, 0.2) is 0 Å². The summed E-state index contributed by atoms with van der Waals surface area (Å²) in [6.45, 7) is 3.57. The fourth-order valence-corrected chi connectivity index (χ4v) is 1.95. The Kier molecular flexibility index (Phi) is 3.92. The maximum Gasteiger partial charge on any atom is 0.0635 e. The Bertz CT molecular complexity index is 101. The summed E-state index contributed by atoms with van der Waals surface area (Å²) in [6.07, 6.45) is 8.37. The van der Waals surface area contributed by atoms with Gasteiger partial charge in [-0.05, 0) is 32.1 Å². The third kappa shape index (κ3) is 2.82. The highest BCUT2D eigenvalue weighted by Crippen LogP contribution is 2.08. The summed E-state index contributed by atoms with van der Waals surface area (Å²) in [6, 6.07) is 0.878. The van der Waals surface area contributed by atoms with Crippen LogP contribution in [0.2, 0.25) is 0 Å². The van der Waals surface area contributed by atoms with Crippen LogP contribution in [0.4, 0.5) is 0 Å². The zero-order valence-electron chi connectivity index (χ0n) is 7.73. The van der Waals surface area contributed by atoms with E-state index in [2.05, 4.69) is 14.0 Å². The molecule has 1 saturated heterocycles. The molecule has 0 aromatic heterocycles. The molecular weight excluding hydrogens is 134 g/mol. The molecule has 1 N–H and O–H groups in total. The Labute approximate surface area is 70.8 Å². The van der Waals surface area contributed by atoms with Crippen LogP contribution in [0.25, 0.3) is 0 Å². The zero-order valence-corrected chi connectivity index (χ0v) is 7.73. The van der Waals surface area contributed by atoms with Gasteiger partial charge < -0.3 is 4.90 Å². The third-order valence-corrected chi connectivity index (χ3v) is 2.78. The SMILES string of the molecule is [CH2-][NH+]1CCCCC1CCCC. The third-order valence-electron chi connectivity index (χ3n) is 2.78. The highest BCUT2D eigenvalue weighted by molar-refractivity contribution is 4.61. The molecule has 0 aromatic carbocycles. The fraction of sp³-hybridized carbons (Fsp3) is 0.900. The van der Waals surface area contributed by atoms with Gasteiger partial charge >= 0.3 is 0 Å². The van der Waals surface area contributed by atoms with Gasteiger partial charge in [0, 0.05) is 0 Å². The van der Waals surface area contributed by atoms with Crippen molar-refractivity contribution >= 4 is 0 Å². The van der Waals surface area contributed by atoms with Crippen molar-refractivity contribution in [1.29, 1.82) is 0 Å². The van der Waals surface area contributed by atoms with E-state index in [1.807, 2.05) is 0 Å². The van der Waals surface area contributed by atoms with E-state index in [9.17, 15) is 0 Å².